The average molecular weight is 601 g/mol. The highest BCUT2D eigenvalue weighted by atomic mass is 16.5. The van der Waals surface area contributed by atoms with Crippen LogP contribution in [0.5, 0.6) is 17.2 Å². The van der Waals surface area contributed by atoms with Gasteiger partial charge >= 0.3 is 5.97 Å². The van der Waals surface area contributed by atoms with Crippen molar-refractivity contribution in [2.45, 2.75) is 70.3 Å². The predicted molar refractivity (Wildman–Crippen MR) is 167 cm³/mol. The maximum Gasteiger partial charge on any atom is 0.342 e. The van der Waals surface area contributed by atoms with Gasteiger partial charge in [0.25, 0.3) is 0 Å². The van der Waals surface area contributed by atoms with Crippen molar-refractivity contribution in [3.8, 4) is 17.2 Å². The molecule has 1 amide bonds. The molecule has 0 fully saturated rings. The quantitative estimate of drug-likeness (QED) is 0.274. The molecule has 0 saturated heterocycles. The van der Waals surface area contributed by atoms with Gasteiger partial charge in [0.1, 0.15) is 28.6 Å². The van der Waals surface area contributed by atoms with E-state index < -0.39 is 23.7 Å². The first kappa shape index (κ1) is 32.3. The number of ketones is 1. The molecule has 2 heterocycles. The van der Waals surface area contributed by atoms with Gasteiger partial charge in [-0.1, -0.05) is 24.3 Å². The number of rotatable bonds is 8. The molecule has 0 saturated carbocycles. The van der Waals surface area contributed by atoms with Crippen LogP contribution >= 0.6 is 0 Å². The Morgan fingerprint density at radius 3 is 2.55 bits per heavy atom. The fraction of sp³-hybridized carbons (Fsp3) is 0.371. The molecule has 4 rings (SSSR count). The van der Waals surface area contributed by atoms with Crippen molar-refractivity contribution < 1.29 is 34.1 Å². The Balaban J connectivity index is 1.70. The lowest BCUT2D eigenvalue weighted by molar-refractivity contribution is -0.121. The Morgan fingerprint density at radius 2 is 1.82 bits per heavy atom. The summed E-state index contributed by atoms with van der Waals surface area (Å²) in [6, 6.07) is 12.2. The van der Waals surface area contributed by atoms with Crippen molar-refractivity contribution in [3.05, 3.63) is 88.8 Å². The van der Waals surface area contributed by atoms with E-state index in [9.17, 15) is 24.6 Å². The monoisotopic (exact) mass is 600 g/mol. The number of pyridine rings is 1. The lowest BCUT2D eigenvalue weighted by Gasteiger charge is -2.23. The van der Waals surface area contributed by atoms with Crippen LogP contribution in [0.2, 0.25) is 0 Å². The average Bonchev–Trinajstić information content (AvgIpc) is 3.00. The Kier molecular flexibility index (Phi) is 11.5. The van der Waals surface area contributed by atoms with Crippen LogP contribution in [0.1, 0.15) is 90.4 Å². The standard InChI is InChI=1S/C35H40N2O7/c1-23-7-6-10-27(38)9-5-3-4-8-26-21-30(39)33(34(41)32(26)35(42)44-23)29(25-11-13-28(43-2)14-12-25)22-31(40)37-20-17-24-15-18-36-19-16-24/h4,8,11-16,18-19,21,23,29,39,41H,3,5-7,9-10,17,20,22H2,1-2H3,(H,37,40)/t23-,29?/m0/s1. The van der Waals surface area contributed by atoms with E-state index in [2.05, 4.69) is 10.3 Å². The number of aromatic nitrogens is 1. The fourth-order valence-corrected chi connectivity index (χ4v) is 5.40. The maximum atomic E-state index is 13.5. The molecule has 1 unspecified atom stereocenters. The Bertz CT molecular complexity index is 1470. The summed E-state index contributed by atoms with van der Waals surface area (Å²) >= 11 is 0. The first-order chi connectivity index (χ1) is 21.3. The van der Waals surface area contributed by atoms with Crippen LogP contribution in [0, 0.1) is 0 Å². The summed E-state index contributed by atoms with van der Waals surface area (Å²) in [6.45, 7) is 2.14. The van der Waals surface area contributed by atoms with E-state index in [0.29, 0.717) is 68.4 Å². The molecule has 44 heavy (non-hydrogen) atoms. The summed E-state index contributed by atoms with van der Waals surface area (Å²) in [7, 11) is 1.55. The van der Waals surface area contributed by atoms with Gasteiger partial charge in [0, 0.05) is 49.7 Å². The van der Waals surface area contributed by atoms with Gasteiger partial charge in [0.2, 0.25) is 5.91 Å². The van der Waals surface area contributed by atoms with Gasteiger partial charge < -0.3 is 25.0 Å². The van der Waals surface area contributed by atoms with Crippen LogP contribution < -0.4 is 10.1 Å². The number of aromatic hydroxyl groups is 2. The van der Waals surface area contributed by atoms with Crippen LogP contribution in [0.3, 0.4) is 0 Å². The van der Waals surface area contributed by atoms with E-state index in [1.807, 2.05) is 18.2 Å². The number of carbonyl (C=O) groups excluding carboxylic acids is 3. The zero-order chi connectivity index (χ0) is 31.5. The molecule has 232 valence electrons. The first-order valence-corrected chi connectivity index (χ1v) is 15.0. The van der Waals surface area contributed by atoms with Gasteiger partial charge in [-0.25, -0.2) is 4.79 Å². The van der Waals surface area contributed by atoms with Crippen molar-refractivity contribution in [3.63, 3.8) is 0 Å². The number of benzene rings is 2. The summed E-state index contributed by atoms with van der Waals surface area (Å²) in [5.74, 6) is -1.72. The second-order valence-electron chi connectivity index (χ2n) is 11.0. The molecule has 9 nitrogen and oxygen atoms in total. The maximum absolute atomic E-state index is 13.5. The molecule has 1 aromatic heterocycles. The minimum absolute atomic E-state index is 0.0583. The molecule has 2 atom stereocenters. The minimum atomic E-state index is -0.791. The van der Waals surface area contributed by atoms with E-state index in [4.69, 9.17) is 9.47 Å². The third-order valence-electron chi connectivity index (χ3n) is 7.79. The number of phenolic OH excluding ortho intramolecular Hbond substituents is 2. The number of hydrogen-bond acceptors (Lipinski definition) is 8. The zero-order valence-corrected chi connectivity index (χ0v) is 25.3. The number of allylic oxidation sites excluding steroid dienone is 1. The van der Waals surface area contributed by atoms with Gasteiger partial charge in [-0.15, -0.1) is 0 Å². The van der Waals surface area contributed by atoms with Crippen molar-refractivity contribution in [1.29, 1.82) is 0 Å². The molecule has 1 aliphatic heterocycles. The second-order valence-corrected chi connectivity index (χ2v) is 11.0. The smallest absolute Gasteiger partial charge is 0.342 e. The summed E-state index contributed by atoms with van der Waals surface area (Å²) in [5.41, 5.74) is 1.94. The highest BCUT2D eigenvalue weighted by molar-refractivity contribution is 5.98. The number of ether oxygens (including phenoxy) is 2. The van der Waals surface area contributed by atoms with Crippen LogP contribution in [-0.2, 0) is 20.7 Å². The number of amides is 1. The Hall–Kier alpha value is -4.66. The number of carbonyl (C=O) groups is 3. The van der Waals surface area contributed by atoms with E-state index in [-0.39, 0.29) is 35.0 Å². The molecule has 0 aliphatic carbocycles. The van der Waals surface area contributed by atoms with E-state index in [0.717, 1.165) is 5.56 Å². The number of methoxy groups -OCH3 is 1. The molecule has 0 radical (unpaired) electrons. The van der Waals surface area contributed by atoms with E-state index in [1.165, 1.54) is 6.07 Å². The molecule has 1 aliphatic rings. The third kappa shape index (κ3) is 8.69. The molecule has 9 heteroatoms. The number of nitrogens with zero attached hydrogens (tertiary/aromatic N) is 1. The van der Waals surface area contributed by atoms with Gasteiger partial charge in [0.05, 0.1) is 13.2 Å². The van der Waals surface area contributed by atoms with Gasteiger partial charge in [0.15, 0.2) is 0 Å². The fourth-order valence-electron chi connectivity index (χ4n) is 5.40. The zero-order valence-electron chi connectivity index (χ0n) is 25.3. The van der Waals surface area contributed by atoms with Gasteiger partial charge in [-0.3, -0.25) is 14.6 Å². The van der Waals surface area contributed by atoms with Crippen molar-refractivity contribution in [2.75, 3.05) is 13.7 Å². The third-order valence-corrected chi connectivity index (χ3v) is 7.79. The minimum Gasteiger partial charge on any atom is -0.507 e. The summed E-state index contributed by atoms with van der Waals surface area (Å²) < 4.78 is 11.0. The summed E-state index contributed by atoms with van der Waals surface area (Å²) in [5, 5.41) is 25.9. The molecular weight excluding hydrogens is 560 g/mol. The lowest BCUT2D eigenvalue weighted by Crippen LogP contribution is -2.27. The molecule has 3 aromatic rings. The van der Waals surface area contributed by atoms with Crippen molar-refractivity contribution >= 4 is 23.7 Å². The molecule has 0 bridgehead atoms. The number of esters is 1. The second kappa shape index (κ2) is 15.7. The molecule has 3 N–H and O–H groups in total. The largest absolute Gasteiger partial charge is 0.507 e. The highest BCUT2D eigenvalue weighted by Crippen LogP contribution is 2.44. The van der Waals surface area contributed by atoms with E-state index in [1.54, 1.807) is 56.8 Å². The van der Waals surface area contributed by atoms with Crippen LogP contribution in [0.15, 0.2) is 60.9 Å². The number of Topliss-reactive ketones (excluding diaryl/α,β-unsaturated/α-hetero) is 1. The Morgan fingerprint density at radius 1 is 1.09 bits per heavy atom. The van der Waals surface area contributed by atoms with Crippen LogP contribution in [0.4, 0.5) is 0 Å². The topological polar surface area (TPSA) is 135 Å². The van der Waals surface area contributed by atoms with Gasteiger partial charge in [-0.05, 0) is 86.1 Å². The molecule has 0 spiro atoms. The Labute approximate surface area is 257 Å². The normalized spacial score (nSPS) is 16.7. The van der Waals surface area contributed by atoms with Gasteiger partial charge in [-0.2, -0.15) is 0 Å². The number of phenols is 2. The number of cyclic esters (lactones) is 1. The van der Waals surface area contributed by atoms with Crippen molar-refractivity contribution in [1.82, 2.24) is 10.3 Å². The number of fused-ring (bicyclic) bond motifs is 1. The number of nitrogens with one attached hydrogen (secondary N) is 1. The number of hydrogen-bond donors (Lipinski definition) is 3. The predicted octanol–water partition coefficient (Wildman–Crippen LogP) is 5.86. The van der Waals surface area contributed by atoms with Crippen LogP contribution in [0.25, 0.3) is 6.08 Å². The first-order valence-electron chi connectivity index (χ1n) is 15.0. The highest BCUT2D eigenvalue weighted by Gasteiger charge is 2.31. The molecular formula is C35H40N2O7. The SMILES string of the molecule is COc1ccc(C(CC(=O)NCCc2ccncc2)c2c(O)cc3c(c2O)C(=O)O[C@@H](C)CCCC(=O)CCCC=C3)cc1. The lowest BCUT2D eigenvalue weighted by atomic mass is 9.84. The van der Waals surface area contributed by atoms with Crippen molar-refractivity contribution in [2.24, 2.45) is 0 Å². The molecule has 2 aromatic carbocycles. The summed E-state index contributed by atoms with van der Waals surface area (Å²) in [4.78, 5) is 42.9. The van der Waals surface area contributed by atoms with Crippen LogP contribution in [-0.4, -0.2) is 52.6 Å². The van der Waals surface area contributed by atoms with E-state index >= 15 is 0 Å². The summed E-state index contributed by atoms with van der Waals surface area (Å²) in [6.07, 6.45) is 10.1.